The van der Waals surface area contributed by atoms with Gasteiger partial charge in [-0.15, -0.1) is 20.4 Å². The highest BCUT2D eigenvalue weighted by molar-refractivity contribution is 7.13. The maximum atomic E-state index is 9.67. The van der Waals surface area contributed by atoms with E-state index in [9.17, 15) is 4.11 Å². The molecule has 0 aliphatic rings. The molecule has 0 saturated heterocycles. The van der Waals surface area contributed by atoms with Crippen molar-refractivity contribution in [3.63, 3.8) is 0 Å². The molecule has 5 nitrogen and oxygen atoms in total. The van der Waals surface area contributed by atoms with Crippen LogP contribution in [0.25, 0.3) is 75.4 Å². The van der Waals surface area contributed by atoms with Crippen molar-refractivity contribution in [3.05, 3.63) is 163 Å². The maximum absolute atomic E-state index is 9.67. The molecule has 51 heavy (non-hydrogen) atoms. The van der Waals surface area contributed by atoms with Crippen LogP contribution in [0.4, 0.5) is 17.1 Å². The second kappa shape index (κ2) is 12.2. The second-order valence-corrected chi connectivity index (χ2v) is 13.9. The van der Waals surface area contributed by atoms with E-state index in [-0.39, 0.29) is 24.2 Å². The lowest BCUT2D eigenvalue weighted by Crippen LogP contribution is -2.10. The number of hydrogen-bond donors (Lipinski definition) is 0. The predicted octanol–water partition coefficient (Wildman–Crippen LogP) is 12.5. The summed E-state index contributed by atoms with van der Waals surface area (Å²) in [4.78, 5) is 2.00. The van der Waals surface area contributed by atoms with E-state index in [1.165, 1.54) is 22.7 Å². The minimum atomic E-state index is 0.0725. The lowest BCUT2D eigenvalue weighted by molar-refractivity contribution is 1.10. The molecule has 0 spiro atoms. The maximum Gasteiger partial charge on any atom is 0.147 e. The second-order valence-electron chi connectivity index (χ2n) is 12.3. The Morgan fingerprint density at radius 3 is 1.61 bits per heavy atom. The zero-order valence-electron chi connectivity index (χ0n) is 30.8. The van der Waals surface area contributed by atoms with Gasteiger partial charge >= 0.3 is 0 Å². The van der Waals surface area contributed by atoms with Crippen LogP contribution in [-0.4, -0.2) is 20.4 Å². The van der Waals surface area contributed by atoms with E-state index < -0.39 is 0 Å². The van der Waals surface area contributed by atoms with Crippen molar-refractivity contribution in [2.45, 2.75) is 0 Å². The Bertz CT molecular complexity index is 3000. The molecule has 0 atom stereocenters. The fraction of sp³-hybridized carbons (Fsp3) is 0. The third kappa shape index (κ3) is 5.49. The van der Waals surface area contributed by atoms with E-state index >= 15 is 0 Å². The third-order valence-corrected chi connectivity index (χ3v) is 10.6. The minimum absolute atomic E-state index is 0.0725. The van der Waals surface area contributed by atoms with E-state index in [2.05, 4.69) is 68.9 Å². The summed E-state index contributed by atoms with van der Waals surface area (Å²) in [5, 5.41) is 25.1. The molecule has 0 amide bonds. The lowest BCUT2D eigenvalue weighted by Gasteiger charge is -2.26. The molecular formula is C44H27N5S2. The Balaban J connectivity index is 1.15. The number of benzene rings is 8. The summed E-state index contributed by atoms with van der Waals surface area (Å²) < 4.78 is 37.5. The molecule has 0 saturated carbocycles. The summed E-state index contributed by atoms with van der Waals surface area (Å²) in [6, 6.07) is 42.4. The molecule has 10 rings (SSSR count). The monoisotopic (exact) mass is 693 g/mol. The van der Waals surface area contributed by atoms with E-state index in [0.29, 0.717) is 22.0 Å². The highest BCUT2D eigenvalue weighted by Gasteiger charge is 2.16. The molecule has 8 aromatic carbocycles. The molecule has 0 radical (unpaired) electrons. The summed E-state index contributed by atoms with van der Waals surface area (Å²) >= 11 is 2.98. The van der Waals surface area contributed by atoms with Crippen molar-refractivity contribution in [1.29, 1.82) is 0 Å². The SMILES string of the molecule is [2H]c1cc2c([2H])c(N(c3ccc4cc(-c5nncs5)ccc4c3)c3ccc4cc(-c5nncs5)ccc4c3)cc([2H])c2c([2H])c1-c1ccc2ccccc2c1. The molecule has 0 aliphatic carbocycles. The van der Waals surface area contributed by atoms with Crippen LogP contribution in [0.3, 0.4) is 0 Å². The molecule has 2 aromatic heterocycles. The fourth-order valence-electron chi connectivity index (χ4n) is 6.63. The van der Waals surface area contributed by atoms with Crippen LogP contribution in [0.15, 0.2) is 163 Å². The normalized spacial score (nSPS) is 12.6. The molecule has 10 aromatic rings. The Morgan fingerprint density at radius 1 is 0.412 bits per heavy atom. The van der Waals surface area contributed by atoms with E-state index in [1.54, 1.807) is 23.2 Å². The van der Waals surface area contributed by atoms with Gasteiger partial charge in [-0.1, -0.05) is 114 Å². The fourth-order valence-corrected chi connectivity index (χ4v) is 7.73. The zero-order valence-corrected chi connectivity index (χ0v) is 28.5. The van der Waals surface area contributed by atoms with Gasteiger partial charge in [-0.05, 0) is 115 Å². The Morgan fingerprint density at radius 2 is 0.961 bits per heavy atom. The first-order valence-corrected chi connectivity index (χ1v) is 18.1. The Kier molecular flexibility index (Phi) is 6.16. The van der Waals surface area contributed by atoms with Gasteiger partial charge in [-0.25, -0.2) is 0 Å². The summed E-state index contributed by atoms with van der Waals surface area (Å²) in [7, 11) is 0. The average molecular weight is 694 g/mol. The van der Waals surface area contributed by atoms with Crippen molar-refractivity contribution >= 4 is 82.8 Å². The van der Waals surface area contributed by atoms with E-state index in [0.717, 1.165) is 70.4 Å². The standard InChI is InChI=1S/C44H27N5S2/c1-2-4-29-19-30(6-5-28(29)3-1)31-7-8-35-23-40(16-13-32(35)20-31)49(41-17-14-33-21-38(11-9-36(33)24-41)43-47-45-26-50-43)42-18-15-34-22-39(12-10-37(34)25-42)44-48-46-27-51-44/h1-27H/i7D,13D,20D,23D. The average Bonchev–Trinajstić information content (AvgIpc) is 3.96. The number of rotatable bonds is 6. The number of hydrogen-bond acceptors (Lipinski definition) is 7. The van der Waals surface area contributed by atoms with Crippen molar-refractivity contribution in [3.8, 4) is 32.3 Å². The molecule has 0 bridgehead atoms. The molecule has 0 unspecified atom stereocenters. The number of nitrogens with zero attached hydrogens (tertiary/aromatic N) is 5. The van der Waals surface area contributed by atoms with Crippen LogP contribution in [0.2, 0.25) is 0 Å². The molecular weight excluding hydrogens is 663 g/mol. The highest BCUT2D eigenvalue weighted by Crippen LogP contribution is 2.40. The van der Waals surface area contributed by atoms with Crippen molar-refractivity contribution in [2.24, 2.45) is 0 Å². The van der Waals surface area contributed by atoms with Crippen LogP contribution in [0.5, 0.6) is 0 Å². The topological polar surface area (TPSA) is 54.8 Å². The molecule has 240 valence electrons. The number of anilines is 3. The van der Waals surface area contributed by atoms with Crippen LogP contribution < -0.4 is 4.90 Å². The van der Waals surface area contributed by atoms with Gasteiger partial charge in [0.15, 0.2) is 0 Å². The van der Waals surface area contributed by atoms with Gasteiger partial charge < -0.3 is 4.90 Å². The smallest absolute Gasteiger partial charge is 0.147 e. The summed E-state index contributed by atoms with van der Waals surface area (Å²) in [5.41, 5.74) is 8.70. The van der Waals surface area contributed by atoms with E-state index in [1.807, 2.05) is 71.6 Å². The predicted molar refractivity (Wildman–Crippen MR) is 214 cm³/mol. The third-order valence-electron chi connectivity index (χ3n) is 9.15. The largest absolute Gasteiger partial charge is 0.310 e. The number of fused-ring (bicyclic) bond motifs is 4. The van der Waals surface area contributed by atoms with Gasteiger partial charge in [0.25, 0.3) is 0 Å². The van der Waals surface area contributed by atoms with Crippen LogP contribution in [0.1, 0.15) is 5.48 Å². The Labute approximate surface area is 307 Å². The van der Waals surface area contributed by atoms with Crippen molar-refractivity contribution in [1.82, 2.24) is 20.4 Å². The van der Waals surface area contributed by atoms with Gasteiger partial charge in [0.1, 0.15) is 21.0 Å². The first-order valence-electron chi connectivity index (χ1n) is 18.3. The van der Waals surface area contributed by atoms with Gasteiger partial charge in [-0.2, -0.15) is 0 Å². The van der Waals surface area contributed by atoms with Gasteiger partial charge in [0, 0.05) is 28.2 Å². The zero-order chi connectivity index (χ0) is 37.2. The number of aromatic nitrogens is 4. The first kappa shape index (κ1) is 25.7. The lowest BCUT2D eigenvalue weighted by atomic mass is 9.98. The summed E-state index contributed by atoms with van der Waals surface area (Å²) in [6.45, 7) is 0. The summed E-state index contributed by atoms with van der Waals surface area (Å²) in [6.07, 6.45) is 0. The molecule has 7 heteroatoms. The van der Waals surface area contributed by atoms with Crippen LogP contribution >= 0.6 is 22.7 Å². The van der Waals surface area contributed by atoms with Gasteiger partial charge in [0.05, 0.1) is 5.48 Å². The van der Waals surface area contributed by atoms with Gasteiger partial charge in [0.2, 0.25) is 0 Å². The molecule has 0 aliphatic heterocycles. The first-order chi connectivity index (χ1) is 26.9. The van der Waals surface area contributed by atoms with Crippen LogP contribution in [-0.2, 0) is 0 Å². The van der Waals surface area contributed by atoms with Crippen molar-refractivity contribution in [2.75, 3.05) is 4.90 Å². The summed E-state index contributed by atoms with van der Waals surface area (Å²) in [5.74, 6) is 0. The van der Waals surface area contributed by atoms with Crippen molar-refractivity contribution < 1.29 is 5.48 Å². The molecule has 2 heterocycles. The minimum Gasteiger partial charge on any atom is -0.310 e. The molecule has 0 N–H and O–H groups in total. The molecule has 0 fully saturated rings. The van der Waals surface area contributed by atoms with Gasteiger partial charge in [-0.3, -0.25) is 0 Å². The van der Waals surface area contributed by atoms with E-state index in [4.69, 9.17) is 1.37 Å². The van der Waals surface area contributed by atoms with Crippen LogP contribution in [0, 0.1) is 0 Å². The Hall–Kier alpha value is -6.28. The quantitative estimate of drug-likeness (QED) is 0.173. The highest BCUT2D eigenvalue weighted by atomic mass is 32.1.